The predicted molar refractivity (Wildman–Crippen MR) is 88.8 cm³/mol. The lowest BCUT2D eigenvalue weighted by Gasteiger charge is -2.25. The summed E-state index contributed by atoms with van der Waals surface area (Å²) in [5, 5.41) is 1.13. The van der Waals surface area contributed by atoms with Crippen LogP contribution < -0.4 is 4.90 Å². The molecule has 19 heavy (non-hydrogen) atoms. The third-order valence-electron chi connectivity index (χ3n) is 3.75. The first-order chi connectivity index (χ1) is 9.20. The minimum atomic E-state index is 0.540. The van der Waals surface area contributed by atoms with Crippen molar-refractivity contribution in [1.82, 2.24) is 18.8 Å². The molecule has 7 heteroatoms. The Bertz CT molecular complexity index is 587. The summed E-state index contributed by atoms with van der Waals surface area (Å²) in [7, 11) is 5.94. The first-order valence-corrected chi connectivity index (χ1v) is 9.55. The Hall–Kier alpha value is -0.540. The van der Waals surface area contributed by atoms with Crippen molar-refractivity contribution in [2.75, 3.05) is 32.1 Å². The molecule has 1 atom stereocenters. The molecule has 2 aromatic heterocycles. The van der Waals surface area contributed by atoms with Gasteiger partial charge in [0, 0.05) is 56.2 Å². The SMILES string of the molecule is CN1CCC(N(C)c2ncnc3c2ccn3SI)C1. The van der Waals surface area contributed by atoms with E-state index in [1.807, 2.05) is 0 Å². The minimum absolute atomic E-state index is 0.540. The quantitative estimate of drug-likeness (QED) is 0.754. The number of nitrogens with zero attached hydrogens (tertiary/aromatic N) is 5. The number of fused-ring (bicyclic) bond motifs is 1. The molecule has 1 unspecified atom stereocenters. The minimum Gasteiger partial charge on any atom is -0.355 e. The first-order valence-electron chi connectivity index (χ1n) is 6.23. The van der Waals surface area contributed by atoms with Crippen molar-refractivity contribution < 1.29 is 0 Å². The Morgan fingerprint density at radius 3 is 3.00 bits per heavy atom. The molecule has 1 fully saturated rings. The average Bonchev–Trinajstić information content (AvgIpc) is 3.03. The Kier molecular flexibility index (Phi) is 3.86. The van der Waals surface area contributed by atoms with Crippen LogP contribution in [0.15, 0.2) is 18.6 Å². The van der Waals surface area contributed by atoms with Crippen LogP contribution in [0.5, 0.6) is 0 Å². The molecule has 3 heterocycles. The van der Waals surface area contributed by atoms with Crippen molar-refractivity contribution in [1.29, 1.82) is 0 Å². The van der Waals surface area contributed by atoms with Gasteiger partial charge in [-0.2, -0.15) is 0 Å². The van der Waals surface area contributed by atoms with E-state index in [4.69, 9.17) is 0 Å². The Morgan fingerprint density at radius 1 is 1.47 bits per heavy atom. The largest absolute Gasteiger partial charge is 0.355 e. The summed E-state index contributed by atoms with van der Waals surface area (Å²) < 4.78 is 2.07. The molecule has 0 amide bonds. The van der Waals surface area contributed by atoms with Crippen molar-refractivity contribution in [2.45, 2.75) is 12.5 Å². The average molecular weight is 389 g/mol. The Balaban J connectivity index is 1.98. The topological polar surface area (TPSA) is 37.2 Å². The third kappa shape index (κ3) is 2.43. The molecular formula is C12H16IN5S. The zero-order chi connectivity index (χ0) is 13.4. The fourth-order valence-electron chi connectivity index (χ4n) is 2.65. The van der Waals surface area contributed by atoms with Gasteiger partial charge in [0.25, 0.3) is 0 Å². The number of anilines is 1. The summed E-state index contributed by atoms with van der Waals surface area (Å²) in [4.78, 5) is 13.5. The number of rotatable bonds is 3. The number of aromatic nitrogens is 3. The molecule has 0 bridgehead atoms. The third-order valence-corrected chi connectivity index (χ3v) is 5.47. The van der Waals surface area contributed by atoms with E-state index >= 15 is 0 Å². The van der Waals surface area contributed by atoms with Crippen molar-refractivity contribution in [3.8, 4) is 0 Å². The van der Waals surface area contributed by atoms with E-state index in [1.165, 1.54) is 6.42 Å². The standard InChI is InChI=1S/C12H16IN5S/c1-16-5-3-9(7-16)17(2)11-10-4-6-18(19-13)12(10)15-8-14-11/h4,6,8-9H,3,5,7H2,1-2H3. The van der Waals surface area contributed by atoms with Crippen LogP contribution in [0.1, 0.15) is 6.42 Å². The number of halogens is 1. The van der Waals surface area contributed by atoms with Gasteiger partial charge in [0.05, 0.1) is 5.39 Å². The zero-order valence-corrected chi connectivity index (χ0v) is 13.9. The molecule has 0 aliphatic carbocycles. The van der Waals surface area contributed by atoms with E-state index < -0.39 is 0 Å². The lowest BCUT2D eigenvalue weighted by atomic mass is 10.2. The van der Waals surface area contributed by atoms with Crippen molar-refractivity contribution in [3.63, 3.8) is 0 Å². The van der Waals surface area contributed by atoms with Crippen molar-refractivity contribution in [2.24, 2.45) is 0 Å². The zero-order valence-electron chi connectivity index (χ0n) is 11.0. The molecule has 1 aliphatic rings. The maximum atomic E-state index is 4.50. The van der Waals surface area contributed by atoms with Gasteiger partial charge in [-0.15, -0.1) is 0 Å². The lowest BCUT2D eigenvalue weighted by Crippen LogP contribution is -2.34. The molecule has 5 nitrogen and oxygen atoms in total. The molecule has 1 saturated heterocycles. The number of likely N-dealkylation sites (N-methyl/N-ethyl adjacent to an activating group) is 2. The Labute approximate surface area is 129 Å². The van der Waals surface area contributed by atoms with E-state index in [0.717, 1.165) is 29.9 Å². The van der Waals surface area contributed by atoms with Gasteiger partial charge in [0.1, 0.15) is 12.1 Å². The number of hydrogen-bond acceptors (Lipinski definition) is 5. The van der Waals surface area contributed by atoms with Gasteiger partial charge in [-0.3, -0.25) is 3.97 Å². The van der Waals surface area contributed by atoms with Gasteiger partial charge in [-0.1, -0.05) is 0 Å². The first kappa shape index (κ1) is 13.4. The van der Waals surface area contributed by atoms with Crippen LogP contribution in [0.25, 0.3) is 11.0 Å². The normalized spacial score (nSPS) is 20.3. The molecule has 1 aliphatic heterocycles. The highest BCUT2D eigenvalue weighted by Gasteiger charge is 2.25. The molecule has 102 valence electrons. The molecule has 0 aromatic carbocycles. The summed E-state index contributed by atoms with van der Waals surface area (Å²) in [5.41, 5.74) is 0.989. The summed E-state index contributed by atoms with van der Waals surface area (Å²) >= 11 is 2.27. The highest BCUT2D eigenvalue weighted by molar-refractivity contribution is 14.2. The second-order valence-electron chi connectivity index (χ2n) is 4.96. The van der Waals surface area contributed by atoms with Crippen molar-refractivity contribution in [3.05, 3.63) is 18.6 Å². The summed E-state index contributed by atoms with van der Waals surface area (Å²) in [6, 6.07) is 2.64. The molecule has 2 aromatic rings. The van der Waals surface area contributed by atoms with Crippen LogP contribution in [-0.2, 0) is 0 Å². The van der Waals surface area contributed by atoms with Gasteiger partial charge < -0.3 is 9.80 Å². The van der Waals surface area contributed by atoms with Crippen LogP contribution in [0.4, 0.5) is 5.82 Å². The second kappa shape index (κ2) is 5.45. The molecule has 0 spiro atoms. The maximum absolute atomic E-state index is 4.50. The van der Waals surface area contributed by atoms with E-state index in [1.54, 1.807) is 15.4 Å². The highest BCUT2D eigenvalue weighted by atomic mass is 127. The second-order valence-corrected chi connectivity index (χ2v) is 6.67. The van der Waals surface area contributed by atoms with E-state index in [0.29, 0.717) is 6.04 Å². The van der Waals surface area contributed by atoms with Gasteiger partial charge in [-0.05, 0) is 26.1 Å². The fourth-order valence-corrected chi connectivity index (χ4v) is 3.92. The van der Waals surface area contributed by atoms with Gasteiger partial charge >= 0.3 is 0 Å². The van der Waals surface area contributed by atoms with Crippen LogP contribution in [0.2, 0.25) is 0 Å². The van der Waals surface area contributed by atoms with Gasteiger partial charge in [0.2, 0.25) is 0 Å². The van der Waals surface area contributed by atoms with Gasteiger partial charge in [0.15, 0.2) is 5.65 Å². The number of hydrogen-bond donors (Lipinski definition) is 0. The molecule has 0 N–H and O–H groups in total. The maximum Gasteiger partial charge on any atom is 0.156 e. The van der Waals surface area contributed by atoms with Gasteiger partial charge in [-0.25, -0.2) is 9.97 Å². The Morgan fingerprint density at radius 2 is 2.32 bits per heavy atom. The number of likely N-dealkylation sites (tertiary alicyclic amines) is 1. The molecule has 0 saturated carbocycles. The molecule has 3 rings (SSSR count). The smallest absolute Gasteiger partial charge is 0.156 e. The lowest BCUT2D eigenvalue weighted by molar-refractivity contribution is 0.409. The molecule has 0 radical (unpaired) electrons. The van der Waals surface area contributed by atoms with E-state index in [2.05, 4.69) is 71.3 Å². The van der Waals surface area contributed by atoms with Crippen LogP contribution >= 0.6 is 30.3 Å². The highest BCUT2D eigenvalue weighted by Crippen LogP contribution is 2.30. The summed E-state index contributed by atoms with van der Waals surface area (Å²) in [6.45, 7) is 2.26. The summed E-state index contributed by atoms with van der Waals surface area (Å²) in [6.07, 6.45) is 4.91. The van der Waals surface area contributed by atoms with E-state index in [-0.39, 0.29) is 0 Å². The van der Waals surface area contributed by atoms with Crippen LogP contribution in [0, 0.1) is 0 Å². The van der Waals surface area contributed by atoms with Crippen molar-refractivity contribution >= 4 is 47.2 Å². The van der Waals surface area contributed by atoms with Crippen LogP contribution in [-0.4, -0.2) is 52.1 Å². The molecular weight excluding hydrogens is 373 g/mol. The van der Waals surface area contributed by atoms with Crippen LogP contribution in [0.3, 0.4) is 0 Å². The monoisotopic (exact) mass is 389 g/mol. The predicted octanol–water partition coefficient (Wildman–Crippen LogP) is 2.42. The van der Waals surface area contributed by atoms with E-state index in [9.17, 15) is 0 Å². The fraction of sp³-hybridized carbons (Fsp3) is 0.500. The summed E-state index contributed by atoms with van der Waals surface area (Å²) in [5.74, 6) is 1.04.